The van der Waals surface area contributed by atoms with E-state index in [9.17, 15) is 9.59 Å². The first kappa shape index (κ1) is 20.7. The maximum atomic E-state index is 12.5. The normalized spacial score (nSPS) is 10.7. The molecule has 3 rings (SSSR count). The molecule has 0 atom stereocenters. The molecule has 0 saturated carbocycles. The van der Waals surface area contributed by atoms with E-state index in [2.05, 4.69) is 31.3 Å². The molecular formula is C21H24N4O3S. The van der Waals surface area contributed by atoms with Crippen LogP contribution in [0.3, 0.4) is 0 Å². The smallest absolute Gasteiger partial charge is 0.308 e. The highest BCUT2D eigenvalue weighted by Crippen LogP contribution is 2.18. The Morgan fingerprint density at radius 3 is 2.72 bits per heavy atom. The van der Waals surface area contributed by atoms with Crippen molar-refractivity contribution in [3.8, 4) is 0 Å². The van der Waals surface area contributed by atoms with Crippen LogP contribution in [-0.4, -0.2) is 39.4 Å². The Morgan fingerprint density at radius 2 is 2.00 bits per heavy atom. The molecule has 7 nitrogen and oxygen atoms in total. The van der Waals surface area contributed by atoms with Gasteiger partial charge in [0.1, 0.15) is 0 Å². The fourth-order valence-electron chi connectivity index (χ4n) is 3.07. The SMILES string of the molecule is Cc1cc(C(=O)COC(=O)CCNc2ncccn2)c(C)n1CCc1cccs1. The fraction of sp³-hybridized carbons (Fsp3) is 0.333. The number of carbonyl (C=O) groups excluding carboxylic acids is 2. The van der Waals surface area contributed by atoms with Gasteiger partial charge in [0.05, 0.1) is 6.42 Å². The number of thiophene rings is 1. The number of rotatable bonds is 10. The summed E-state index contributed by atoms with van der Waals surface area (Å²) >= 11 is 1.73. The number of aryl methyl sites for hydroxylation is 2. The quantitative estimate of drug-likeness (QED) is 0.406. The maximum absolute atomic E-state index is 12.5. The molecule has 0 bridgehead atoms. The van der Waals surface area contributed by atoms with Crippen LogP contribution in [0, 0.1) is 13.8 Å². The molecule has 0 aliphatic carbocycles. The molecule has 3 heterocycles. The Bertz CT molecular complexity index is 952. The summed E-state index contributed by atoms with van der Waals surface area (Å²) in [7, 11) is 0. The van der Waals surface area contributed by atoms with E-state index in [4.69, 9.17) is 4.74 Å². The molecule has 8 heteroatoms. The van der Waals surface area contributed by atoms with Crippen molar-refractivity contribution in [3.63, 3.8) is 0 Å². The van der Waals surface area contributed by atoms with E-state index < -0.39 is 5.97 Å². The van der Waals surface area contributed by atoms with Crippen LogP contribution in [0.15, 0.2) is 42.0 Å². The number of carbonyl (C=O) groups is 2. The van der Waals surface area contributed by atoms with Crippen LogP contribution in [0.2, 0.25) is 0 Å². The van der Waals surface area contributed by atoms with Crippen molar-refractivity contribution in [2.45, 2.75) is 33.2 Å². The van der Waals surface area contributed by atoms with Crippen molar-refractivity contribution in [2.24, 2.45) is 0 Å². The molecule has 0 radical (unpaired) electrons. The van der Waals surface area contributed by atoms with Gasteiger partial charge in [0, 0.05) is 47.3 Å². The van der Waals surface area contributed by atoms with Crippen molar-refractivity contribution in [2.75, 3.05) is 18.5 Å². The van der Waals surface area contributed by atoms with E-state index in [0.29, 0.717) is 18.1 Å². The van der Waals surface area contributed by atoms with Crippen molar-refractivity contribution in [1.82, 2.24) is 14.5 Å². The largest absolute Gasteiger partial charge is 0.457 e. The molecular weight excluding hydrogens is 388 g/mol. The Hall–Kier alpha value is -3.00. The molecule has 3 aromatic heterocycles. The second-order valence-corrected chi connectivity index (χ2v) is 7.63. The number of Topliss-reactive ketones (excluding diaryl/α,β-unsaturated/α-hetero) is 1. The number of hydrogen-bond acceptors (Lipinski definition) is 7. The maximum Gasteiger partial charge on any atom is 0.308 e. The molecule has 0 fully saturated rings. The second kappa shape index (κ2) is 9.97. The molecule has 0 saturated heterocycles. The molecule has 3 aromatic rings. The van der Waals surface area contributed by atoms with Crippen LogP contribution >= 0.6 is 11.3 Å². The zero-order valence-corrected chi connectivity index (χ0v) is 17.4. The molecule has 29 heavy (non-hydrogen) atoms. The fourth-order valence-corrected chi connectivity index (χ4v) is 3.77. The highest BCUT2D eigenvalue weighted by molar-refractivity contribution is 7.09. The molecule has 0 aliphatic heterocycles. The lowest BCUT2D eigenvalue weighted by atomic mass is 10.1. The van der Waals surface area contributed by atoms with Crippen LogP contribution in [0.25, 0.3) is 0 Å². The Labute approximate surface area is 173 Å². The first-order valence-corrected chi connectivity index (χ1v) is 10.3. The average molecular weight is 413 g/mol. The topological polar surface area (TPSA) is 86.1 Å². The molecule has 1 N–H and O–H groups in total. The van der Waals surface area contributed by atoms with Crippen molar-refractivity contribution in [1.29, 1.82) is 0 Å². The summed E-state index contributed by atoms with van der Waals surface area (Å²) in [5.74, 6) is -0.173. The minimum Gasteiger partial charge on any atom is -0.457 e. The van der Waals surface area contributed by atoms with Crippen LogP contribution in [0.4, 0.5) is 5.95 Å². The van der Waals surface area contributed by atoms with Gasteiger partial charge < -0.3 is 14.6 Å². The number of nitrogens with one attached hydrogen (secondary N) is 1. The summed E-state index contributed by atoms with van der Waals surface area (Å²) in [6.45, 7) is 4.82. The highest BCUT2D eigenvalue weighted by Gasteiger charge is 2.17. The van der Waals surface area contributed by atoms with Crippen LogP contribution in [-0.2, 0) is 22.5 Å². The second-order valence-electron chi connectivity index (χ2n) is 6.60. The van der Waals surface area contributed by atoms with E-state index in [1.807, 2.05) is 26.0 Å². The third kappa shape index (κ3) is 5.74. The van der Waals surface area contributed by atoms with Gasteiger partial charge in [0.25, 0.3) is 0 Å². The van der Waals surface area contributed by atoms with E-state index in [1.54, 1.807) is 29.8 Å². The van der Waals surface area contributed by atoms with Gasteiger partial charge in [0.15, 0.2) is 6.61 Å². The predicted molar refractivity (Wildman–Crippen MR) is 112 cm³/mol. The standard InChI is InChI=1S/C21H24N4O3S/c1-15-13-18(16(2)25(15)11-7-17-5-3-12-29-17)19(26)14-28-20(27)6-10-24-21-22-8-4-9-23-21/h3-5,8-9,12-13H,6-7,10-11,14H2,1-2H3,(H,22,23,24). The zero-order chi connectivity index (χ0) is 20.6. The summed E-state index contributed by atoms with van der Waals surface area (Å²) in [6.07, 6.45) is 4.28. The molecule has 0 aromatic carbocycles. The lowest BCUT2D eigenvalue weighted by Crippen LogP contribution is -2.17. The van der Waals surface area contributed by atoms with Crippen LogP contribution in [0.1, 0.15) is 33.0 Å². The minimum absolute atomic E-state index is 0.130. The predicted octanol–water partition coefficient (Wildman–Crippen LogP) is 3.43. The third-order valence-electron chi connectivity index (χ3n) is 4.58. The zero-order valence-electron chi connectivity index (χ0n) is 16.6. The van der Waals surface area contributed by atoms with Gasteiger partial charge in [0.2, 0.25) is 11.7 Å². The molecule has 0 amide bonds. The van der Waals surface area contributed by atoms with Gasteiger partial charge in [-0.25, -0.2) is 9.97 Å². The molecule has 0 unspecified atom stereocenters. The monoisotopic (exact) mass is 412 g/mol. The van der Waals surface area contributed by atoms with Gasteiger partial charge in [-0.15, -0.1) is 11.3 Å². The number of anilines is 1. The number of ketones is 1. The molecule has 0 aliphatic rings. The van der Waals surface area contributed by atoms with Gasteiger partial charge in [-0.3, -0.25) is 9.59 Å². The Morgan fingerprint density at radius 1 is 1.21 bits per heavy atom. The Balaban J connectivity index is 1.47. The summed E-state index contributed by atoms with van der Waals surface area (Å²) in [5.41, 5.74) is 2.54. The number of ether oxygens (including phenoxy) is 1. The number of aromatic nitrogens is 3. The van der Waals surface area contributed by atoms with Crippen molar-refractivity contribution < 1.29 is 14.3 Å². The first-order chi connectivity index (χ1) is 14.0. The van der Waals surface area contributed by atoms with Gasteiger partial charge in [-0.2, -0.15) is 0 Å². The van der Waals surface area contributed by atoms with Gasteiger partial charge >= 0.3 is 5.97 Å². The van der Waals surface area contributed by atoms with E-state index in [0.717, 1.165) is 24.4 Å². The molecule has 152 valence electrons. The summed E-state index contributed by atoms with van der Waals surface area (Å²) in [4.78, 5) is 33.8. The summed E-state index contributed by atoms with van der Waals surface area (Å²) in [5, 5.41) is 5.00. The van der Waals surface area contributed by atoms with E-state index in [1.165, 1.54) is 4.88 Å². The van der Waals surface area contributed by atoms with E-state index >= 15 is 0 Å². The minimum atomic E-state index is -0.437. The number of nitrogens with zero attached hydrogens (tertiary/aromatic N) is 3. The van der Waals surface area contributed by atoms with Gasteiger partial charge in [-0.1, -0.05) is 6.07 Å². The van der Waals surface area contributed by atoms with Crippen molar-refractivity contribution >= 4 is 29.0 Å². The Kier molecular flexibility index (Phi) is 7.13. The van der Waals surface area contributed by atoms with Crippen LogP contribution < -0.4 is 5.32 Å². The molecule has 0 spiro atoms. The highest BCUT2D eigenvalue weighted by atomic mass is 32.1. The lowest BCUT2D eigenvalue weighted by molar-refractivity contribution is -0.142. The summed E-state index contributed by atoms with van der Waals surface area (Å²) < 4.78 is 7.28. The third-order valence-corrected chi connectivity index (χ3v) is 5.51. The average Bonchev–Trinajstić information content (AvgIpc) is 3.33. The van der Waals surface area contributed by atoms with E-state index in [-0.39, 0.29) is 18.8 Å². The van der Waals surface area contributed by atoms with Crippen LogP contribution in [0.5, 0.6) is 0 Å². The number of hydrogen-bond donors (Lipinski definition) is 1. The lowest BCUT2D eigenvalue weighted by Gasteiger charge is -2.09. The first-order valence-electron chi connectivity index (χ1n) is 9.43. The number of esters is 1. The van der Waals surface area contributed by atoms with Crippen molar-refractivity contribution in [3.05, 3.63) is 63.9 Å². The summed E-state index contributed by atoms with van der Waals surface area (Å²) in [6, 6.07) is 7.74. The van der Waals surface area contributed by atoms with Gasteiger partial charge in [-0.05, 0) is 43.8 Å².